The van der Waals surface area contributed by atoms with Crippen molar-refractivity contribution in [3.05, 3.63) is 58.7 Å². The number of hydroxylamine groups is 2. The molecule has 12 heteroatoms. The lowest BCUT2D eigenvalue weighted by molar-refractivity contribution is -0.143. The van der Waals surface area contributed by atoms with Crippen LogP contribution in [0, 0.1) is 0 Å². The second kappa shape index (κ2) is 9.89. The highest BCUT2D eigenvalue weighted by Gasteiger charge is 2.56. The zero-order valence-electron chi connectivity index (χ0n) is 19.8. The lowest BCUT2D eigenvalue weighted by atomic mass is 9.80. The largest absolute Gasteiger partial charge is 0.555 e. The highest BCUT2D eigenvalue weighted by atomic mass is 19.4. The van der Waals surface area contributed by atoms with Crippen LogP contribution >= 0.6 is 0 Å². The summed E-state index contributed by atoms with van der Waals surface area (Å²) in [7, 11) is 2.60. The van der Waals surface area contributed by atoms with Crippen LogP contribution in [0.25, 0.3) is 0 Å². The number of methoxy groups -OCH3 is 1. The molecule has 1 heterocycles. The Kier molecular flexibility index (Phi) is 7.62. The number of hydrogen-bond acceptors (Lipinski definition) is 4. The average molecular weight is 524 g/mol. The second-order valence-corrected chi connectivity index (χ2v) is 8.40. The van der Waals surface area contributed by atoms with Crippen molar-refractivity contribution in [1.82, 2.24) is 4.65 Å². The summed E-state index contributed by atoms with van der Waals surface area (Å²) in [6, 6.07) is 4.19. The SMILES string of the molecule is CCOC(=O)[N@@+]1(OC)c2cc(OC)ccc2C([C@H](F)c2cc(C(F)(F)F)cc(C(F)(F)F)c2)C[C@@H]1C. The minimum absolute atomic E-state index is 0.00777. The number of halogens is 7. The van der Waals surface area contributed by atoms with Crippen molar-refractivity contribution in [3.8, 4) is 5.75 Å². The van der Waals surface area contributed by atoms with Crippen molar-refractivity contribution in [1.29, 1.82) is 0 Å². The molecule has 3 rings (SSSR count). The minimum atomic E-state index is -5.12. The first-order valence-corrected chi connectivity index (χ1v) is 10.9. The first kappa shape index (κ1) is 27.7. The van der Waals surface area contributed by atoms with Gasteiger partial charge in [0.15, 0.2) is 5.69 Å². The molecular weight excluding hydrogens is 499 g/mol. The Balaban J connectivity index is 2.21. The summed E-state index contributed by atoms with van der Waals surface area (Å²) in [5, 5.41) is 0. The van der Waals surface area contributed by atoms with E-state index >= 15 is 4.39 Å². The number of amides is 1. The predicted octanol–water partition coefficient (Wildman–Crippen LogP) is 7.34. The third-order valence-electron chi connectivity index (χ3n) is 6.32. The molecule has 1 amide bonds. The van der Waals surface area contributed by atoms with Gasteiger partial charge in [0.05, 0.1) is 32.0 Å². The third-order valence-corrected chi connectivity index (χ3v) is 6.32. The third kappa shape index (κ3) is 4.88. The van der Waals surface area contributed by atoms with Gasteiger partial charge < -0.3 is 9.47 Å². The summed E-state index contributed by atoms with van der Waals surface area (Å²) < 4.78 is 106. The number of carbonyl (C=O) groups excluding carboxylic acids is 1. The molecule has 2 aromatic carbocycles. The van der Waals surface area contributed by atoms with Gasteiger partial charge in [-0.1, -0.05) is 0 Å². The number of benzene rings is 2. The van der Waals surface area contributed by atoms with Crippen LogP contribution in [0.3, 0.4) is 0 Å². The standard InChI is InChI=1S/C24H25F7NO4/c1-5-36-22(33)32(35-4)13(2)8-19(18-7-6-17(34-3)12-20(18)32)21(25)14-9-15(23(26,27)28)11-16(10-14)24(29,30)31/h6-7,9-13,19,21H,5,8H2,1-4H3/q+1/t13-,19?,21+,32-/m0/s1. The molecule has 0 N–H and O–H groups in total. The maximum Gasteiger partial charge on any atom is 0.555 e. The van der Waals surface area contributed by atoms with Crippen LogP contribution in [0.2, 0.25) is 0 Å². The summed E-state index contributed by atoms with van der Waals surface area (Å²) in [5.41, 5.74) is -3.71. The van der Waals surface area contributed by atoms with Crippen molar-refractivity contribution >= 4 is 11.8 Å². The maximum atomic E-state index is 16.0. The summed E-state index contributed by atoms with van der Waals surface area (Å²) in [6.45, 7) is 3.14. The van der Waals surface area contributed by atoms with Crippen LogP contribution in [0.15, 0.2) is 36.4 Å². The first-order valence-electron chi connectivity index (χ1n) is 10.9. The van der Waals surface area contributed by atoms with E-state index in [4.69, 9.17) is 14.3 Å². The Morgan fingerprint density at radius 2 is 1.61 bits per heavy atom. The molecule has 0 aromatic heterocycles. The maximum absolute atomic E-state index is 16.0. The predicted molar refractivity (Wildman–Crippen MR) is 116 cm³/mol. The normalized spacial score (nSPS) is 23.1. The summed E-state index contributed by atoms with van der Waals surface area (Å²) in [5.74, 6) is -0.916. The van der Waals surface area contributed by atoms with Gasteiger partial charge in [-0.15, -0.1) is 0 Å². The number of hydrogen-bond donors (Lipinski definition) is 0. The molecule has 0 aliphatic carbocycles. The highest BCUT2D eigenvalue weighted by Crippen LogP contribution is 2.52. The topological polar surface area (TPSA) is 44.8 Å². The van der Waals surface area contributed by atoms with Gasteiger partial charge in [0.25, 0.3) is 0 Å². The highest BCUT2D eigenvalue weighted by molar-refractivity contribution is 5.83. The molecule has 2 aromatic rings. The minimum Gasteiger partial charge on any atom is -0.497 e. The van der Waals surface area contributed by atoms with E-state index in [0.717, 1.165) is 0 Å². The van der Waals surface area contributed by atoms with Crippen LogP contribution in [0.5, 0.6) is 5.75 Å². The van der Waals surface area contributed by atoms with E-state index in [0.29, 0.717) is 12.1 Å². The molecule has 0 radical (unpaired) electrons. The average Bonchev–Trinajstić information content (AvgIpc) is 2.81. The van der Waals surface area contributed by atoms with Gasteiger partial charge in [-0.3, -0.25) is 0 Å². The Morgan fingerprint density at radius 1 is 1.03 bits per heavy atom. The van der Waals surface area contributed by atoms with Crippen molar-refractivity contribution in [3.63, 3.8) is 0 Å². The Bertz CT molecular complexity index is 1090. The fourth-order valence-corrected chi connectivity index (χ4v) is 4.63. The number of nitrogens with zero attached hydrogens (tertiary/aromatic N) is 1. The van der Waals surface area contributed by atoms with Crippen LogP contribution in [-0.2, 0) is 21.9 Å². The number of quaternary nitrogens is 1. The van der Waals surface area contributed by atoms with Crippen molar-refractivity contribution < 1.29 is 49.8 Å². The number of rotatable bonds is 5. The first-order chi connectivity index (χ1) is 16.7. The lowest BCUT2D eigenvalue weighted by Crippen LogP contribution is -2.62. The molecule has 4 atom stereocenters. The van der Waals surface area contributed by atoms with Gasteiger partial charge in [-0.05, 0) is 54.4 Å². The zero-order chi connectivity index (χ0) is 27.1. The smallest absolute Gasteiger partial charge is 0.497 e. The monoisotopic (exact) mass is 524 g/mol. The molecule has 36 heavy (non-hydrogen) atoms. The number of alkyl halides is 7. The van der Waals surface area contributed by atoms with E-state index in [9.17, 15) is 31.1 Å². The molecule has 0 fully saturated rings. The molecule has 1 unspecified atom stereocenters. The molecule has 0 bridgehead atoms. The van der Waals surface area contributed by atoms with E-state index in [2.05, 4.69) is 0 Å². The molecule has 5 nitrogen and oxygen atoms in total. The number of fused-ring (bicyclic) bond motifs is 1. The summed E-state index contributed by atoms with van der Waals surface area (Å²) in [6.07, 6.45) is -13.5. The van der Waals surface area contributed by atoms with E-state index in [1.165, 1.54) is 32.4 Å². The van der Waals surface area contributed by atoms with Gasteiger partial charge in [0, 0.05) is 24.0 Å². The fraction of sp³-hybridized carbons (Fsp3) is 0.458. The Hall–Kier alpha value is -2.86. The van der Waals surface area contributed by atoms with E-state index < -0.39 is 57.9 Å². The lowest BCUT2D eigenvalue weighted by Gasteiger charge is -2.42. The zero-order valence-corrected chi connectivity index (χ0v) is 19.8. The van der Waals surface area contributed by atoms with Gasteiger partial charge in [0.1, 0.15) is 18.0 Å². The molecule has 1 aliphatic heterocycles. The molecule has 198 valence electrons. The molecular formula is C24H25F7NO4+. The van der Waals surface area contributed by atoms with Gasteiger partial charge >= 0.3 is 18.4 Å². The second-order valence-electron chi connectivity index (χ2n) is 8.40. The number of carbonyl (C=O) groups is 1. The van der Waals surface area contributed by atoms with Crippen LogP contribution < -0.4 is 9.38 Å². The van der Waals surface area contributed by atoms with Gasteiger partial charge in [0.2, 0.25) is 0 Å². The van der Waals surface area contributed by atoms with Crippen molar-refractivity contribution in [2.75, 3.05) is 20.8 Å². The number of ether oxygens (including phenoxy) is 2. The fourth-order valence-electron chi connectivity index (χ4n) is 4.63. The Labute approximate surface area is 202 Å². The molecule has 0 saturated carbocycles. The van der Waals surface area contributed by atoms with E-state index in [1.54, 1.807) is 13.8 Å². The van der Waals surface area contributed by atoms with E-state index in [-0.39, 0.29) is 36.1 Å². The van der Waals surface area contributed by atoms with Gasteiger partial charge in [-0.2, -0.15) is 36.0 Å². The molecule has 1 aliphatic rings. The summed E-state index contributed by atoms with van der Waals surface area (Å²) in [4.78, 5) is 18.6. The van der Waals surface area contributed by atoms with Crippen LogP contribution in [0.4, 0.5) is 41.2 Å². The Morgan fingerprint density at radius 3 is 2.08 bits per heavy atom. The van der Waals surface area contributed by atoms with Crippen LogP contribution in [-0.4, -0.2) is 33.0 Å². The van der Waals surface area contributed by atoms with Crippen molar-refractivity contribution in [2.45, 2.75) is 50.8 Å². The quantitative estimate of drug-likeness (QED) is 0.303. The van der Waals surface area contributed by atoms with Crippen LogP contribution in [0.1, 0.15) is 54.6 Å². The van der Waals surface area contributed by atoms with Gasteiger partial charge in [-0.25, -0.2) is 4.39 Å². The van der Waals surface area contributed by atoms with E-state index in [1.807, 2.05) is 0 Å². The molecule has 0 spiro atoms. The molecule has 0 saturated heterocycles. The van der Waals surface area contributed by atoms with Crippen molar-refractivity contribution in [2.24, 2.45) is 0 Å². The summed E-state index contributed by atoms with van der Waals surface area (Å²) >= 11 is 0.